The third-order valence-electron chi connectivity index (χ3n) is 0.786. The first-order valence-electron chi connectivity index (χ1n) is 2.54. The highest BCUT2D eigenvalue weighted by molar-refractivity contribution is 4.67. The van der Waals surface area contributed by atoms with Crippen molar-refractivity contribution in [1.82, 2.24) is 0 Å². The molecule has 8 heavy (non-hydrogen) atoms. The van der Waals surface area contributed by atoms with Crippen LogP contribution in [-0.2, 0) is 0 Å². The fraction of sp³-hybridized carbons (Fsp3) is 0.800. The van der Waals surface area contributed by atoms with E-state index in [9.17, 15) is 0 Å². The molecule has 0 rings (SSSR count). The average molecular weight is 118 g/mol. The molecule has 0 aliphatic carbocycles. The minimum atomic E-state index is -0.706. The number of hydrogen-bond acceptors (Lipinski definition) is 3. The summed E-state index contributed by atoms with van der Waals surface area (Å²) in [7, 11) is 0. The summed E-state index contributed by atoms with van der Waals surface area (Å²) in [5, 5.41) is 16.9. The molecule has 0 saturated heterocycles. The predicted molar refractivity (Wildman–Crippen MR) is 31.0 cm³/mol. The lowest BCUT2D eigenvalue weighted by molar-refractivity contribution is 0.0857. The molecule has 0 aliphatic heterocycles. The van der Waals surface area contributed by atoms with Gasteiger partial charge in [0.25, 0.3) is 0 Å². The average Bonchev–Trinajstić information content (AvgIpc) is 1.65. The van der Waals surface area contributed by atoms with Gasteiger partial charge in [-0.15, -0.1) is 0 Å². The summed E-state index contributed by atoms with van der Waals surface area (Å²) in [5.74, 6) is 0. The maximum atomic E-state index is 8.66. The van der Waals surface area contributed by atoms with Gasteiger partial charge in [-0.05, 0) is 13.3 Å². The first kappa shape index (κ1) is 7.88. The standard InChI is InChI=1S/C5H12NO2/c1-4(6)2-5(8)3-7/h4-5,7-8H,1-3,6H2. The Morgan fingerprint density at radius 3 is 2.25 bits per heavy atom. The molecule has 0 saturated carbocycles. The second-order valence-corrected chi connectivity index (χ2v) is 1.83. The van der Waals surface area contributed by atoms with E-state index < -0.39 is 6.10 Å². The summed E-state index contributed by atoms with van der Waals surface area (Å²) in [6.07, 6.45) is -0.348. The Labute approximate surface area is 49.1 Å². The van der Waals surface area contributed by atoms with E-state index in [4.69, 9.17) is 15.9 Å². The zero-order valence-corrected chi connectivity index (χ0v) is 4.75. The highest BCUT2D eigenvalue weighted by atomic mass is 16.3. The molecule has 0 aromatic carbocycles. The molecule has 0 amide bonds. The molecule has 2 unspecified atom stereocenters. The molecule has 4 N–H and O–H groups in total. The summed E-state index contributed by atoms with van der Waals surface area (Å²) in [6, 6.07) is -0.280. The highest BCUT2D eigenvalue weighted by Gasteiger charge is 2.03. The van der Waals surface area contributed by atoms with Crippen molar-refractivity contribution < 1.29 is 10.2 Å². The van der Waals surface area contributed by atoms with Crippen LogP contribution in [0.25, 0.3) is 0 Å². The molecule has 2 atom stereocenters. The maximum absolute atomic E-state index is 8.66. The summed E-state index contributed by atoms with van der Waals surface area (Å²) >= 11 is 0. The van der Waals surface area contributed by atoms with Crippen LogP contribution in [0.3, 0.4) is 0 Å². The van der Waals surface area contributed by atoms with Crippen LogP contribution in [-0.4, -0.2) is 29.0 Å². The minimum Gasteiger partial charge on any atom is -0.394 e. The Morgan fingerprint density at radius 1 is 1.62 bits per heavy atom. The van der Waals surface area contributed by atoms with Crippen LogP contribution in [0, 0.1) is 6.92 Å². The van der Waals surface area contributed by atoms with Gasteiger partial charge in [-0.2, -0.15) is 0 Å². The van der Waals surface area contributed by atoms with Crippen molar-refractivity contribution >= 4 is 0 Å². The number of aliphatic hydroxyl groups excluding tert-OH is 2. The Kier molecular flexibility index (Phi) is 3.77. The number of aliphatic hydroxyl groups is 2. The summed E-state index contributed by atoms with van der Waals surface area (Å²) in [6.45, 7) is 3.20. The Balaban J connectivity index is 3.10. The molecule has 0 aliphatic rings. The fourth-order valence-corrected chi connectivity index (χ4v) is 0.424. The molecule has 49 valence electrons. The first-order valence-corrected chi connectivity index (χ1v) is 2.54. The van der Waals surface area contributed by atoms with Crippen LogP contribution in [0.4, 0.5) is 0 Å². The Morgan fingerprint density at radius 2 is 2.12 bits per heavy atom. The zero-order chi connectivity index (χ0) is 6.57. The minimum absolute atomic E-state index is 0.233. The maximum Gasteiger partial charge on any atom is 0.0785 e. The molecule has 0 fully saturated rings. The van der Waals surface area contributed by atoms with Crippen LogP contribution in [0.1, 0.15) is 6.42 Å². The lowest BCUT2D eigenvalue weighted by atomic mass is 10.2. The van der Waals surface area contributed by atoms with E-state index in [0.29, 0.717) is 6.42 Å². The Hall–Kier alpha value is -0.120. The lowest BCUT2D eigenvalue weighted by Gasteiger charge is -2.08. The van der Waals surface area contributed by atoms with Crippen LogP contribution in [0.5, 0.6) is 0 Å². The topological polar surface area (TPSA) is 66.5 Å². The molecule has 0 aromatic rings. The number of nitrogens with two attached hydrogens (primary N) is 1. The van der Waals surface area contributed by atoms with Gasteiger partial charge in [0, 0.05) is 6.04 Å². The second-order valence-electron chi connectivity index (χ2n) is 1.83. The zero-order valence-electron chi connectivity index (χ0n) is 4.75. The first-order chi connectivity index (χ1) is 3.66. The largest absolute Gasteiger partial charge is 0.394 e. The third kappa shape index (κ3) is 4.05. The fourth-order valence-electron chi connectivity index (χ4n) is 0.424. The van der Waals surface area contributed by atoms with E-state index in [-0.39, 0.29) is 12.6 Å². The monoisotopic (exact) mass is 118 g/mol. The quantitative estimate of drug-likeness (QED) is 0.440. The highest BCUT2D eigenvalue weighted by Crippen LogP contribution is 1.91. The number of rotatable bonds is 3. The van der Waals surface area contributed by atoms with Gasteiger partial charge in [0.15, 0.2) is 0 Å². The van der Waals surface area contributed by atoms with Crippen molar-refractivity contribution in [3.8, 4) is 0 Å². The van der Waals surface area contributed by atoms with Gasteiger partial charge in [-0.25, -0.2) is 0 Å². The van der Waals surface area contributed by atoms with E-state index in [1.54, 1.807) is 0 Å². The molecule has 3 heteroatoms. The van der Waals surface area contributed by atoms with Gasteiger partial charge in [-0.3, -0.25) is 0 Å². The molecule has 0 spiro atoms. The van der Waals surface area contributed by atoms with E-state index >= 15 is 0 Å². The van der Waals surface area contributed by atoms with Crippen LogP contribution >= 0.6 is 0 Å². The lowest BCUT2D eigenvalue weighted by Crippen LogP contribution is -2.25. The molecule has 0 bridgehead atoms. The third-order valence-corrected chi connectivity index (χ3v) is 0.786. The smallest absolute Gasteiger partial charge is 0.0785 e. The van der Waals surface area contributed by atoms with Gasteiger partial charge in [0.2, 0.25) is 0 Å². The van der Waals surface area contributed by atoms with Crippen LogP contribution in [0.15, 0.2) is 0 Å². The van der Waals surface area contributed by atoms with Crippen molar-refractivity contribution in [2.24, 2.45) is 5.73 Å². The molecule has 3 nitrogen and oxygen atoms in total. The molecule has 0 heterocycles. The second kappa shape index (κ2) is 3.83. The summed E-state index contributed by atoms with van der Waals surface area (Å²) < 4.78 is 0. The van der Waals surface area contributed by atoms with E-state index in [1.807, 2.05) is 0 Å². The van der Waals surface area contributed by atoms with Crippen LogP contribution < -0.4 is 5.73 Å². The molecular formula is C5H12NO2. The van der Waals surface area contributed by atoms with Crippen LogP contribution in [0.2, 0.25) is 0 Å². The van der Waals surface area contributed by atoms with E-state index in [0.717, 1.165) is 0 Å². The van der Waals surface area contributed by atoms with Gasteiger partial charge in [0.05, 0.1) is 12.7 Å². The van der Waals surface area contributed by atoms with Crippen molar-refractivity contribution in [3.05, 3.63) is 6.92 Å². The molecule has 0 aromatic heterocycles. The SMILES string of the molecule is [CH2]C(N)CC(O)CO. The van der Waals surface area contributed by atoms with Crippen molar-refractivity contribution in [2.45, 2.75) is 18.6 Å². The van der Waals surface area contributed by atoms with E-state index in [2.05, 4.69) is 6.92 Å². The van der Waals surface area contributed by atoms with Crippen molar-refractivity contribution in [2.75, 3.05) is 6.61 Å². The van der Waals surface area contributed by atoms with Crippen molar-refractivity contribution in [1.29, 1.82) is 0 Å². The normalized spacial score (nSPS) is 18.0. The van der Waals surface area contributed by atoms with Gasteiger partial charge in [0.1, 0.15) is 0 Å². The molecule has 1 radical (unpaired) electrons. The van der Waals surface area contributed by atoms with Crippen molar-refractivity contribution in [3.63, 3.8) is 0 Å². The summed E-state index contributed by atoms with van der Waals surface area (Å²) in [4.78, 5) is 0. The van der Waals surface area contributed by atoms with Gasteiger partial charge >= 0.3 is 0 Å². The summed E-state index contributed by atoms with van der Waals surface area (Å²) in [5.41, 5.74) is 5.19. The molecular weight excluding hydrogens is 106 g/mol. The van der Waals surface area contributed by atoms with E-state index in [1.165, 1.54) is 0 Å². The number of hydrogen-bond donors (Lipinski definition) is 3. The van der Waals surface area contributed by atoms with Gasteiger partial charge < -0.3 is 15.9 Å². The Bertz CT molecular complexity index is 56.4. The predicted octanol–water partition coefficient (Wildman–Crippen LogP) is -1.11. The van der Waals surface area contributed by atoms with Gasteiger partial charge in [-0.1, -0.05) is 0 Å².